The Morgan fingerprint density at radius 3 is 2.94 bits per heavy atom. The van der Waals surface area contributed by atoms with Crippen molar-refractivity contribution >= 4 is 21.8 Å². The average Bonchev–Trinajstić information content (AvgIpc) is 2.17. The Bertz CT molecular complexity index is 437. The van der Waals surface area contributed by atoms with Gasteiger partial charge >= 0.3 is 0 Å². The van der Waals surface area contributed by atoms with E-state index in [0.29, 0.717) is 6.42 Å². The highest BCUT2D eigenvalue weighted by Crippen LogP contribution is 2.22. The van der Waals surface area contributed by atoms with Crippen LogP contribution >= 0.6 is 15.9 Å². The number of hydrogen-bond acceptors (Lipinski definition) is 2. The second kappa shape index (κ2) is 5.57. The van der Waals surface area contributed by atoms with Crippen molar-refractivity contribution in [3.05, 3.63) is 28.2 Å². The summed E-state index contributed by atoms with van der Waals surface area (Å²) in [4.78, 5) is 11.7. The molecule has 4 heteroatoms. The van der Waals surface area contributed by atoms with Gasteiger partial charge in [-0.25, -0.2) is 0 Å². The average molecular weight is 282 g/mol. The number of phenols is 1. The summed E-state index contributed by atoms with van der Waals surface area (Å²) in [5, 5.41) is 12.3. The highest BCUT2D eigenvalue weighted by Gasteiger charge is 2.13. The smallest absolute Gasteiger partial charge is 0.255 e. The lowest BCUT2D eigenvalue weighted by Crippen LogP contribution is -2.32. The largest absolute Gasteiger partial charge is 0.507 e. The van der Waals surface area contributed by atoms with Gasteiger partial charge in [-0.05, 0) is 25.1 Å². The number of rotatable bonds is 3. The molecule has 16 heavy (non-hydrogen) atoms. The molecule has 0 fully saturated rings. The minimum atomic E-state index is -0.326. The second-order valence-electron chi connectivity index (χ2n) is 3.44. The van der Waals surface area contributed by atoms with E-state index in [0.717, 1.165) is 4.47 Å². The molecular weight excluding hydrogens is 270 g/mol. The number of hydrogen-bond donors (Lipinski definition) is 2. The molecule has 1 atom stereocenters. The van der Waals surface area contributed by atoms with Crippen LogP contribution in [0.3, 0.4) is 0 Å². The van der Waals surface area contributed by atoms with E-state index in [4.69, 9.17) is 6.42 Å². The topological polar surface area (TPSA) is 49.3 Å². The Balaban J connectivity index is 2.78. The molecule has 0 aliphatic heterocycles. The van der Waals surface area contributed by atoms with E-state index in [2.05, 4.69) is 27.2 Å². The number of benzene rings is 1. The van der Waals surface area contributed by atoms with Crippen LogP contribution in [0.4, 0.5) is 0 Å². The standard InChI is InChI=1S/C12H12BrNO2/c1-3-4-8(2)14-12(16)10-6-5-9(13)7-11(10)15/h1,5-8,15H,4H2,2H3,(H,14,16). The zero-order chi connectivity index (χ0) is 12.1. The number of carbonyl (C=O) groups excluding carboxylic acids is 1. The van der Waals surface area contributed by atoms with Gasteiger partial charge < -0.3 is 10.4 Å². The molecule has 1 rings (SSSR count). The molecule has 0 aliphatic carbocycles. The fraction of sp³-hybridized carbons (Fsp3) is 0.250. The second-order valence-corrected chi connectivity index (χ2v) is 4.36. The summed E-state index contributed by atoms with van der Waals surface area (Å²) in [5.41, 5.74) is 0.243. The molecule has 84 valence electrons. The molecule has 0 radical (unpaired) electrons. The van der Waals surface area contributed by atoms with Crippen molar-refractivity contribution in [3.63, 3.8) is 0 Å². The third kappa shape index (κ3) is 3.28. The van der Waals surface area contributed by atoms with Crippen molar-refractivity contribution in [2.75, 3.05) is 0 Å². The van der Waals surface area contributed by atoms with Crippen molar-refractivity contribution in [2.24, 2.45) is 0 Å². The Labute approximate surface area is 103 Å². The molecule has 0 bridgehead atoms. The van der Waals surface area contributed by atoms with Gasteiger partial charge in [0.2, 0.25) is 0 Å². The highest BCUT2D eigenvalue weighted by molar-refractivity contribution is 9.10. The maximum absolute atomic E-state index is 11.7. The van der Waals surface area contributed by atoms with Crippen LogP contribution < -0.4 is 5.32 Å². The normalized spacial score (nSPS) is 11.6. The first-order valence-electron chi connectivity index (χ1n) is 4.77. The van der Waals surface area contributed by atoms with Gasteiger partial charge in [-0.15, -0.1) is 12.3 Å². The Morgan fingerprint density at radius 1 is 1.69 bits per heavy atom. The van der Waals surface area contributed by atoms with Gasteiger partial charge in [-0.3, -0.25) is 4.79 Å². The number of amides is 1. The lowest BCUT2D eigenvalue weighted by molar-refractivity contribution is 0.0938. The molecule has 0 saturated carbocycles. The molecule has 2 N–H and O–H groups in total. The van der Waals surface area contributed by atoms with Crippen LogP contribution in [-0.4, -0.2) is 17.1 Å². The van der Waals surface area contributed by atoms with Crippen LogP contribution in [0.25, 0.3) is 0 Å². The monoisotopic (exact) mass is 281 g/mol. The van der Waals surface area contributed by atoms with E-state index in [1.54, 1.807) is 12.1 Å². The molecule has 0 aliphatic rings. The first-order valence-corrected chi connectivity index (χ1v) is 5.56. The summed E-state index contributed by atoms with van der Waals surface area (Å²) < 4.78 is 0.721. The van der Waals surface area contributed by atoms with Gasteiger partial charge in [-0.1, -0.05) is 15.9 Å². The SMILES string of the molecule is C#CCC(C)NC(=O)c1ccc(Br)cc1O. The van der Waals surface area contributed by atoms with E-state index >= 15 is 0 Å². The lowest BCUT2D eigenvalue weighted by Gasteiger charge is -2.11. The third-order valence-corrected chi connectivity index (χ3v) is 2.50. The Hall–Kier alpha value is -1.47. The highest BCUT2D eigenvalue weighted by atomic mass is 79.9. The molecule has 1 unspecified atom stereocenters. The van der Waals surface area contributed by atoms with E-state index in [-0.39, 0.29) is 23.3 Å². The number of phenolic OH excluding ortho intramolecular Hbond substituents is 1. The molecule has 1 aromatic rings. The predicted octanol–water partition coefficient (Wildman–Crippen LogP) is 2.30. The van der Waals surface area contributed by atoms with Crippen LogP contribution in [0, 0.1) is 12.3 Å². The van der Waals surface area contributed by atoms with Crippen molar-refractivity contribution in [1.82, 2.24) is 5.32 Å². The van der Waals surface area contributed by atoms with Crippen LogP contribution in [0.5, 0.6) is 5.75 Å². The molecule has 0 heterocycles. The molecule has 3 nitrogen and oxygen atoms in total. The van der Waals surface area contributed by atoms with Crippen molar-refractivity contribution in [1.29, 1.82) is 0 Å². The van der Waals surface area contributed by atoms with Crippen LogP contribution in [0.15, 0.2) is 22.7 Å². The molecular formula is C12H12BrNO2. The van der Waals surface area contributed by atoms with E-state index in [9.17, 15) is 9.90 Å². The zero-order valence-corrected chi connectivity index (χ0v) is 10.4. The quantitative estimate of drug-likeness (QED) is 0.836. The maximum Gasteiger partial charge on any atom is 0.255 e. The van der Waals surface area contributed by atoms with Crippen molar-refractivity contribution < 1.29 is 9.90 Å². The van der Waals surface area contributed by atoms with E-state index < -0.39 is 0 Å². The van der Waals surface area contributed by atoms with Crippen LogP contribution in [0.1, 0.15) is 23.7 Å². The number of terminal acetylenes is 1. The third-order valence-electron chi connectivity index (χ3n) is 2.01. The summed E-state index contributed by atoms with van der Waals surface area (Å²) in [7, 11) is 0. The zero-order valence-electron chi connectivity index (χ0n) is 8.83. The van der Waals surface area contributed by atoms with Gasteiger partial charge in [0.25, 0.3) is 5.91 Å². The van der Waals surface area contributed by atoms with Gasteiger partial charge in [-0.2, -0.15) is 0 Å². The van der Waals surface area contributed by atoms with Gasteiger partial charge in [0, 0.05) is 16.9 Å². The minimum Gasteiger partial charge on any atom is -0.507 e. The maximum atomic E-state index is 11.7. The summed E-state index contributed by atoms with van der Waals surface area (Å²) >= 11 is 3.20. The molecule has 0 aromatic heterocycles. The Morgan fingerprint density at radius 2 is 2.38 bits per heavy atom. The number of aromatic hydroxyl groups is 1. The molecule has 1 amide bonds. The minimum absolute atomic E-state index is 0.0558. The Kier molecular flexibility index (Phi) is 4.39. The van der Waals surface area contributed by atoms with Gasteiger partial charge in [0.15, 0.2) is 0 Å². The summed E-state index contributed by atoms with van der Waals surface area (Å²) in [6.45, 7) is 1.81. The fourth-order valence-corrected chi connectivity index (χ4v) is 1.58. The number of nitrogens with one attached hydrogen (secondary N) is 1. The predicted molar refractivity (Wildman–Crippen MR) is 66.2 cm³/mol. The van der Waals surface area contributed by atoms with Crippen LogP contribution in [0.2, 0.25) is 0 Å². The molecule has 0 saturated heterocycles. The van der Waals surface area contributed by atoms with Gasteiger partial charge in [0.05, 0.1) is 5.56 Å². The fourth-order valence-electron chi connectivity index (χ4n) is 1.23. The molecule has 1 aromatic carbocycles. The van der Waals surface area contributed by atoms with Gasteiger partial charge in [0.1, 0.15) is 5.75 Å². The summed E-state index contributed by atoms with van der Waals surface area (Å²) in [5.74, 6) is 2.08. The lowest BCUT2D eigenvalue weighted by atomic mass is 10.1. The molecule has 0 spiro atoms. The van der Waals surface area contributed by atoms with E-state index in [1.165, 1.54) is 6.07 Å². The number of carbonyl (C=O) groups is 1. The van der Waals surface area contributed by atoms with Crippen LogP contribution in [-0.2, 0) is 0 Å². The van der Waals surface area contributed by atoms with Crippen molar-refractivity contribution in [2.45, 2.75) is 19.4 Å². The summed E-state index contributed by atoms with van der Waals surface area (Å²) in [6.07, 6.45) is 5.60. The first-order chi connectivity index (χ1) is 7.54. The van der Waals surface area contributed by atoms with E-state index in [1.807, 2.05) is 6.92 Å². The summed E-state index contributed by atoms with van der Waals surface area (Å²) in [6, 6.07) is 4.61. The van der Waals surface area contributed by atoms with Crippen molar-refractivity contribution in [3.8, 4) is 18.1 Å². The first kappa shape index (κ1) is 12.6. The number of halogens is 1.